The molecule has 0 fully saturated rings. The van der Waals surface area contributed by atoms with Crippen molar-refractivity contribution in [1.82, 2.24) is 4.98 Å². The summed E-state index contributed by atoms with van der Waals surface area (Å²) in [5, 5.41) is 1.11. The first-order chi connectivity index (χ1) is 9.22. The van der Waals surface area contributed by atoms with E-state index in [0.717, 1.165) is 29.3 Å². The van der Waals surface area contributed by atoms with Gasteiger partial charge in [0.25, 0.3) is 0 Å². The number of hydrogen-bond donors (Lipinski definition) is 2. The second kappa shape index (κ2) is 6.38. The number of esters is 1. The van der Waals surface area contributed by atoms with Crippen LogP contribution in [-0.4, -0.2) is 23.6 Å². The van der Waals surface area contributed by atoms with Gasteiger partial charge in [-0.2, -0.15) is 0 Å². The minimum absolute atomic E-state index is 0.321. The Morgan fingerprint density at radius 2 is 2.21 bits per heavy atom. The van der Waals surface area contributed by atoms with Gasteiger partial charge < -0.3 is 15.5 Å². The normalized spacial score (nSPS) is 12.5. The fourth-order valence-electron chi connectivity index (χ4n) is 2.04. The lowest BCUT2D eigenvalue weighted by Crippen LogP contribution is -2.34. The number of nitrogens with two attached hydrogens (primary N) is 1. The van der Waals surface area contributed by atoms with Gasteiger partial charge in [-0.15, -0.1) is 0 Å². The summed E-state index contributed by atoms with van der Waals surface area (Å²) >= 11 is 0. The average Bonchev–Trinajstić information content (AvgIpc) is 2.82. The molecule has 0 aliphatic heterocycles. The Balaban J connectivity index is 1.98. The van der Waals surface area contributed by atoms with E-state index in [0.29, 0.717) is 13.0 Å². The Kier molecular flexibility index (Phi) is 4.58. The third kappa shape index (κ3) is 3.35. The van der Waals surface area contributed by atoms with Crippen LogP contribution in [0, 0.1) is 0 Å². The zero-order valence-electron chi connectivity index (χ0n) is 11.2. The van der Waals surface area contributed by atoms with E-state index < -0.39 is 6.04 Å². The van der Waals surface area contributed by atoms with Crippen LogP contribution in [0.15, 0.2) is 30.5 Å². The Morgan fingerprint density at radius 3 is 3.00 bits per heavy atom. The lowest BCUT2D eigenvalue weighted by Gasteiger charge is -2.10. The summed E-state index contributed by atoms with van der Waals surface area (Å²) in [7, 11) is 0. The van der Waals surface area contributed by atoms with Crippen LogP contribution in [0.5, 0.6) is 0 Å². The van der Waals surface area contributed by atoms with Crippen LogP contribution in [0.4, 0.5) is 0 Å². The highest BCUT2D eigenvalue weighted by atomic mass is 16.5. The highest BCUT2D eigenvalue weighted by molar-refractivity contribution is 5.84. The molecule has 1 aromatic heterocycles. The van der Waals surface area contributed by atoms with Gasteiger partial charge in [0.1, 0.15) is 6.04 Å². The Bertz CT molecular complexity index is 548. The molecule has 2 aromatic rings. The van der Waals surface area contributed by atoms with Crippen LogP contribution in [0.25, 0.3) is 10.9 Å². The molecular weight excluding hydrogens is 240 g/mol. The van der Waals surface area contributed by atoms with Crippen molar-refractivity contribution in [3.63, 3.8) is 0 Å². The highest BCUT2D eigenvalue weighted by Crippen LogP contribution is 2.18. The number of fused-ring (bicyclic) bond motifs is 1. The quantitative estimate of drug-likeness (QED) is 0.619. The molecule has 1 aromatic carbocycles. The van der Waals surface area contributed by atoms with Gasteiger partial charge in [-0.3, -0.25) is 4.79 Å². The van der Waals surface area contributed by atoms with Crippen molar-refractivity contribution in [1.29, 1.82) is 0 Å². The molecule has 4 heteroatoms. The van der Waals surface area contributed by atoms with Gasteiger partial charge in [0, 0.05) is 23.5 Å². The first-order valence-electron chi connectivity index (χ1n) is 6.69. The van der Waals surface area contributed by atoms with Crippen molar-refractivity contribution in [2.24, 2.45) is 5.73 Å². The maximum absolute atomic E-state index is 11.7. The summed E-state index contributed by atoms with van der Waals surface area (Å²) in [5.74, 6) is -0.321. The van der Waals surface area contributed by atoms with E-state index in [1.54, 1.807) is 0 Å². The predicted octanol–water partition coefficient (Wildman–Crippen LogP) is 2.38. The zero-order chi connectivity index (χ0) is 13.7. The molecule has 3 N–H and O–H groups in total. The van der Waals surface area contributed by atoms with Crippen molar-refractivity contribution in [3.8, 4) is 0 Å². The van der Waals surface area contributed by atoms with Crippen molar-refractivity contribution in [2.45, 2.75) is 32.2 Å². The van der Waals surface area contributed by atoms with E-state index >= 15 is 0 Å². The molecule has 0 bridgehead atoms. The molecule has 0 amide bonds. The number of aromatic nitrogens is 1. The highest BCUT2D eigenvalue weighted by Gasteiger charge is 2.17. The molecule has 102 valence electrons. The van der Waals surface area contributed by atoms with E-state index in [1.807, 2.05) is 30.5 Å². The van der Waals surface area contributed by atoms with Gasteiger partial charge in [0.05, 0.1) is 6.61 Å². The second-order valence-electron chi connectivity index (χ2n) is 4.69. The van der Waals surface area contributed by atoms with Gasteiger partial charge in [-0.1, -0.05) is 31.5 Å². The number of para-hydroxylation sites is 1. The van der Waals surface area contributed by atoms with Gasteiger partial charge in [-0.25, -0.2) is 0 Å². The number of benzene rings is 1. The van der Waals surface area contributed by atoms with Crippen molar-refractivity contribution >= 4 is 16.9 Å². The molecule has 0 saturated heterocycles. The van der Waals surface area contributed by atoms with Crippen molar-refractivity contribution in [3.05, 3.63) is 36.0 Å². The Hall–Kier alpha value is -1.81. The minimum atomic E-state index is -0.601. The topological polar surface area (TPSA) is 68.1 Å². The van der Waals surface area contributed by atoms with Crippen molar-refractivity contribution < 1.29 is 9.53 Å². The van der Waals surface area contributed by atoms with Crippen LogP contribution in [-0.2, 0) is 16.0 Å². The average molecular weight is 260 g/mol. The van der Waals surface area contributed by atoms with Crippen LogP contribution in [0.2, 0.25) is 0 Å². The number of aromatic amines is 1. The van der Waals surface area contributed by atoms with Gasteiger partial charge >= 0.3 is 5.97 Å². The van der Waals surface area contributed by atoms with E-state index in [9.17, 15) is 4.79 Å². The van der Waals surface area contributed by atoms with Crippen molar-refractivity contribution in [2.75, 3.05) is 6.61 Å². The molecule has 1 heterocycles. The molecule has 4 nitrogen and oxygen atoms in total. The first-order valence-corrected chi connectivity index (χ1v) is 6.69. The number of carbonyl (C=O) groups excluding carboxylic acids is 1. The summed E-state index contributed by atoms with van der Waals surface area (Å²) in [4.78, 5) is 14.9. The Labute approximate surface area is 112 Å². The monoisotopic (exact) mass is 260 g/mol. The lowest BCUT2D eigenvalue weighted by molar-refractivity contribution is -0.145. The predicted molar refractivity (Wildman–Crippen MR) is 75.8 cm³/mol. The molecule has 0 unspecified atom stereocenters. The van der Waals surface area contributed by atoms with Crippen LogP contribution < -0.4 is 5.73 Å². The molecule has 19 heavy (non-hydrogen) atoms. The maximum atomic E-state index is 11.7. The SMILES string of the molecule is CCCCOC(=O)[C@@H](N)Cc1c[nH]c2ccccc12. The summed E-state index contributed by atoms with van der Waals surface area (Å²) in [6.07, 6.45) is 4.29. The van der Waals surface area contributed by atoms with Crippen LogP contribution in [0.3, 0.4) is 0 Å². The summed E-state index contributed by atoms with van der Waals surface area (Å²) < 4.78 is 5.13. The molecule has 0 saturated carbocycles. The zero-order valence-corrected chi connectivity index (χ0v) is 11.2. The lowest BCUT2D eigenvalue weighted by atomic mass is 10.1. The summed E-state index contributed by atoms with van der Waals surface area (Å²) in [6.45, 7) is 2.51. The minimum Gasteiger partial charge on any atom is -0.465 e. The fourth-order valence-corrected chi connectivity index (χ4v) is 2.04. The van der Waals surface area contributed by atoms with E-state index in [-0.39, 0.29) is 5.97 Å². The molecule has 2 rings (SSSR count). The van der Waals surface area contributed by atoms with Crippen LogP contribution >= 0.6 is 0 Å². The van der Waals surface area contributed by atoms with Gasteiger partial charge in [0.2, 0.25) is 0 Å². The number of rotatable bonds is 6. The number of hydrogen-bond acceptors (Lipinski definition) is 3. The van der Waals surface area contributed by atoms with E-state index in [4.69, 9.17) is 10.5 Å². The molecule has 0 radical (unpaired) electrons. The number of carbonyl (C=O) groups is 1. The Morgan fingerprint density at radius 1 is 1.42 bits per heavy atom. The summed E-state index contributed by atoms with van der Waals surface area (Å²) in [5.41, 5.74) is 8.00. The molecule has 1 atom stereocenters. The third-order valence-corrected chi connectivity index (χ3v) is 3.16. The fraction of sp³-hybridized carbons (Fsp3) is 0.400. The number of unbranched alkanes of at least 4 members (excludes halogenated alkanes) is 1. The second-order valence-corrected chi connectivity index (χ2v) is 4.69. The van der Waals surface area contributed by atoms with Crippen LogP contribution in [0.1, 0.15) is 25.3 Å². The van der Waals surface area contributed by atoms with Gasteiger partial charge in [-0.05, 0) is 18.1 Å². The summed E-state index contributed by atoms with van der Waals surface area (Å²) in [6, 6.07) is 7.38. The molecular formula is C15H20N2O2. The molecule has 0 aliphatic carbocycles. The first kappa shape index (κ1) is 13.6. The number of H-pyrrole nitrogens is 1. The van der Waals surface area contributed by atoms with E-state index in [2.05, 4.69) is 11.9 Å². The smallest absolute Gasteiger partial charge is 0.323 e. The van der Waals surface area contributed by atoms with E-state index in [1.165, 1.54) is 0 Å². The van der Waals surface area contributed by atoms with Gasteiger partial charge in [0.15, 0.2) is 0 Å². The largest absolute Gasteiger partial charge is 0.465 e. The maximum Gasteiger partial charge on any atom is 0.323 e. The molecule has 0 spiro atoms. The molecule has 0 aliphatic rings. The standard InChI is InChI=1S/C15H20N2O2/c1-2-3-8-19-15(18)13(16)9-11-10-17-14-7-5-4-6-12(11)14/h4-7,10,13,17H,2-3,8-9,16H2,1H3/t13-/m0/s1. The number of nitrogens with one attached hydrogen (secondary N) is 1. The third-order valence-electron chi connectivity index (χ3n) is 3.16. The number of ether oxygens (including phenoxy) is 1.